The fourth-order valence-corrected chi connectivity index (χ4v) is 4.43. The number of hydrogen-bond acceptors (Lipinski definition) is 5. The highest BCUT2D eigenvalue weighted by Crippen LogP contribution is 2.19. The third kappa shape index (κ3) is 7.42. The van der Waals surface area contributed by atoms with Gasteiger partial charge in [0.15, 0.2) is 0 Å². The first-order chi connectivity index (χ1) is 17.8. The van der Waals surface area contributed by atoms with Crippen molar-refractivity contribution in [3.63, 3.8) is 0 Å². The van der Waals surface area contributed by atoms with Crippen molar-refractivity contribution < 1.29 is 17.9 Å². The van der Waals surface area contributed by atoms with E-state index >= 15 is 0 Å². The van der Waals surface area contributed by atoms with Crippen LogP contribution in [0.4, 0.5) is 5.69 Å². The van der Waals surface area contributed by atoms with Gasteiger partial charge in [0.05, 0.1) is 11.1 Å². The van der Waals surface area contributed by atoms with E-state index in [1.54, 1.807) is 0 Å². The lowest BCUT2D eigenvalue weighted by Gasteiger charge is -2.09. The number of rotatable bonds is 9. The van der Waals surface area contributed by atoms with E-state index in [1.807, 2.05) is 55.5 Å². The van der Waals surface area contributed by atoms with Gasteiger partial charge in [-0.15, -0.1) is 0 Å². The summed E-state index contributed by atoms with van der Waals surface area (Å²) in [4.78, 5) is 12.5. The van der Waals surface area contributed by atoms with Crippen LogP contribution in [0.5, 0.6) is 5.75 Å². The van der Waals surface area contributed by atoms with E-state index in [2.05, 4.69) is 15.2 Å². The lowest BCUT2D eigenvalue weighted by Crippen LogP contribution is -2.18. The first-order valence-corrected chi connectivity index (χ1v) is 13.1. The lowest BCUT2D eigenvalue weighted by atomic mass is 10.2. The van der Waals surface area contributed by atoms with Crippen LogP contribution in [0.1, 0.15) is 27.0 Å². The zero-order valence-corrected chi connectivity index (χ0v) is 21.5. The number of carbonyl (C=O) groups is 1. The smallest absolute Gasteiger partial charge is 0.271 e. The van der Waals surface area contributed by atoms with Gasteiger partial charge in [-0.2, -0.15) is 5.10 Å². The molecule has 0 aliphatic heterocycles. The molecule has 9 heteroatoms. The number of nitrogens with one attached hydrogen (secondary N) is 2. The summed E-state index contributed by atoms with van der Waals surface area (Å²) in [6, 6.07) is 27.3. The molecule has 0 aromatic heterocycles. The summed E-state index contributed by atoms with van der Waals surface area (Å²) in [5.41, 5.74) is 6.18. The molecule has 0 unspecified atom stereocenters. The zero-order chi connectivity index (χ0) is 26.3. The summed E-state index contributed by atoms with van der Waals surface area (Å²) in [6.45, 7) is 2.52. The molecule has 4 aromatic rings. The Morgan fingerprint density at radius 3 is 2.19 bits per heavy atom. The van der Waals surface area contributed by atoms with Crippen molar-refractivity contribution in [2.24, 2.45) is 5.10 Å². The molecule has 0 radical (unpaired) electrons. The molecule has 0 saturated carbocycles. The summed E-state index contributed by atoms with van der Waals surface area (Å²) < 4.78 is 33.2. The minimum absolute atomic E-state index is 0.0823. The second kappa shape index (κ2) is 11.7. The van der Waals surface area contributed by atoms with Crippen molar-refractivity contribution in [1.29, 1.82) is 0 Å². The first kappa shape index (κ1) is 25.9. The molecular formula is C28H24ClN3O4S. The van der Waals surface area contributed by atoms with Gasteiger partial charge < -0.3 is 4.74 Å². The number of anilines is 1. The number of nitrogens with zero attached hydrogens (tertiary/aromatic N) is 1. The molecule has 0 atom stereocenters. The van der Waals surface area contributed by atoms with Crippen LogP contribution in [-0.2, 0) is 16.6 Å². The number of aryl methyl sites for hydroxylation is 1. The molecule has 4 rings (SSSR count). The Hall–Kier alpha value is -4.14. The number of carbonyl (C=O) groups excluding carboxylic acids is 1. The number of benzene rings is 4. The van der Waals surface area contributed by atoms with E-state index in [0.717, 1.165) is 16.9 Å². The highest BCUT2D eigenvalue weighted by molar-refractivity contribution is 7.92. The van der Waals surface area contributed by atoms with Crippen LogP contribution in [0, 0.1) is 6.92 Å². The molecule has 0 fully saturated rings. The highest BCUT2D eigenvalue weighted by Gasteiger charge is 2.14. The van der Waals surface area contributed by atoms with Crippen LogP contribution in [0.3, 0.4) is 0 Å². The molecule has 0 spiro atoms. The molecule has 4 aromatic carbocycles. The maximum absolute atomic E-state index is 12.5. The summed E-state index contributed by atoms with van der Waals surface area (Å²) in [5.74, 6) is 0.301. The second-order valence-corrected chi connectivity index (χ2v) is 10.3. The van der Waals surface area contributed by atoms with Gasteiger partial charge in [-0.05, 0) is 90.8 Å². The normalized spacial score (nSPS) is 11.3. The zero-order valence-electron chi connectivity index (χ0n) is 19.9. The highest BCUT2D eigenvalue weighted by atomic mass is 35.5. The molecule has 0 bridgehead atoms. The Morgan fingerprint density at radius 2 is 1.54 bits per heavy atom. The summed E-state index contributed by atoms with van der Waals surface area (Å²) >= 11 is 5.81. The van der Waals surface area contributed by atoms with E-state index in [4.69, 9.17) is 16.3 Å². The molecule has 37 heavy (non-hydrogen) atoms. The van der Waals surface area contributed by atoms with E-state index < -0.39 is 15.9 Å². The van der Waals surface area contributed by atoms with Crippen molar-refractivity contribution in [3.8, 4) is 5.75 Å². The van der Waals surface area contributed by atoms with Gasteiger partial charge in [-0.25, -0.2) is 13.8 Å². The van der Waals surface area contributed by atoms with Gasteiger partial charge in [-0.3, -0.25) is 9.52 Å². The predicted octanol–water partition coefficient (Wildman–Crippen LogP) is 5.79. The van der Waals surface area contributed by atoms with E-state index in [-0.39, 0.29) is 4.90 Å². The Bertz CT molecular complexity index is 1490. The molecule has 0 aliphatic carbocycles. The van der Waals surface area contributed by atoms with Crippen LogP contribution in [-0.4, -0.2) is 20.5 Å². The van der Waals surface area contributed by atoms with Crippen molar-refractivity contribution in [2.45, 2.75) is 18.4 Å². The third-order valence-corrected chi connectivity index (χ3v) is 6.96. The van der Waals surface area contributed by atoms with Crippen LogP contribution in [0.2, 0.25) is 5.02 Å². The van der Waals surface area contributed by atoms with Gasteiger partial charge in [0.25, 0.3) is 15.9 Å². The topological polar surface area (TPSA) is 96.9 Å². The van der Waals surface area contributed by atoms with Gasteiger partial charge >= 0.3 is 0 Å². The molecule has 0 heterocycles. The predicted molar refractivity (Wildman–Crippen MR) is 146 cm³/mol. The molecule has 188 valence electrons. The summed E-state index contributed by atoms with van der Waals surface area (Å²) in [7, 11) is -3.77. The van der Waals surface area contributed by atoms with Crippen LogP contribution < -0.4 is 14.9 Å². The average Bonchev–Trinajstić information content (AvgIpc) is 2.89. The average molecular weight is 534 g/mol. The third-order valence-electron chi connectivity index (χ3n) is 5.31. The van der Waals surface area contributed by atoms with Gasteiger partial charge in [0, 0.05) is 16.3 Å². The van der Waals surface area contributed by atoms with E-state index in [1.165, 1.54) is 60.3 Å². The number of hydrogen-bond donors (Lipinski definition) is 2. The van der Waals surface area contributed by atoms with Crippen molar-refractivity contribution in [2.75, 3.05) is 4.72 Å². The van der Waals surface area contributed by atoms with Crippen molar-refractivity contribution in [3.05, 3.63) is 124 Å². The lowest BCUT2D eigenvalue weighted by molar-refractivity contribution is 0.0955. The van der Waals surface area contributed by atoms with Gasteiger partial charge in [-0.1, -0.05) is 41.4 Å². The molecule has 7 nitrogen and oxygen atoms in total. The van der Waals surface area contributed by atoms with Crippen LogP contribution in [0.15, 0.2) is 107 Å². The fourth-order valence-electron chi connectivity index (χ4n) is 3.25. The number of ether oxygens (including phenoxy) is 1. The van der Waals surface area contributed by atoms with Gasteiger partial charge in [0.1, 0.15) is 12.4 Å². The van der Waals surface area contributed by atoms with Crippen LogP contribution in [0.25, 0.3) is 0 Å². The molecular weight excluding hydrogens is 510 g/mol. The maximum Gasteiger partial charge on any atom is 0.271 e. The molecule has 0 aliphatic rings. The largest absolute Gasteiger partial charge is 0.489 e. The second-order valence-electron chi connectivity index (χ2n) is 8.18. The van der Waals surface area contributed by atoms with E-state index in [0.29, 0.717) is 22.9 Å². The van der Waals surface area contributed by atoms with Crippen molar-refractivity contribution >= 4 is 39.4 Å². The van der Waals surface area contributed by atoms with Gasteiger partial charge in [0.2, 0.25) is 0 Å². The number of amides is 1. The quantitative estimate of drug-likeness (QED) is 0.210. The van der Waals surface area contributed by atoms with Crippen molar-refractivity contribution in [1.82, 2.24) is 5.43 Å². The summed E-state index contributed by atoms with van der Waals surface area (Å²) in [6.07, 6.45) is 1.52. The minimum Gasteiger partial charge on any atom is -0.489 e. The number of sulfonamides is 1. The Labute approximate surface area is 220 Å². The molecule has 1 amide bonds. The van der Waals surface area contributed by atoms with E-state index in [9.17, 15) is 13.2 Å². The SMILES string of the molecule is Cc1ccc(COc2ccc(/C=N/NC(=O)c3ccc(NS(=O)(=O)c4ccc(Cl)cc4)cc3)cc2)cc1. The standard InChI is InChI=1S/C28H24ClN3O4S/c1-20-2-4-22(5-3-20)19-36-26-14-6-21(7-15-26)18-30-31-28(33)23-8-12-25(13-9-23)32-37(34,35)27-16-10-24(29)11-17-27/h2-18,32H,19H2,1H3,(H,31,33)/b30-18+. The maximum atomic E-state index is 12.5. The fraction of sp³-hybridized carbons (Fsp3) is 0.0714. The minimum atomic E-state index is -3.77. The Morgan fingerprint density at radius 1 is 0.892 bits per heavy atom. The Kier molecular flexibility index (Phi) is 8.22. The molecule has 0 saturated heterocycles. The monoisotopic (exact) mass is 533 g/mol. The van der Waals surface area contributed by atoms with Crippen LogP contribution >= 0.6 is 11.6 Å². The number of halogens is 1. The summed E-state index contributed by atoms with van der Waals surface area (Å²) in [5, 5.41) is 4.43. The number of hydrazone groups is 1. The molecule has 2 N–H and O–H groups in total. The first-order valence-electron chi connectivity index (χ1n) is 11.3. The Balaban J connectivity index is 1.28.